The highest BCUT2D eigenvalue weighted by Crippen LogP contribution is 2.31. The molecule has 0 aliphatic rings. The summed E-state index contributed by atoms with van der Waals surface area (Å²) in [5.41, 5.74) is 5.09. The van der Waals surface area contributed by atoms with Gasteiger partial charge in [0.2, 0.25) is 0 Å². The molecule has 0 aliphatic heterocycles. The molecule has 0 saturated carbocycles. The van der Waals surface area contributed by atoms with Crippen LogP contribution in [0.3, 0.4) is 0 Å². The molecule has 0 radical (unpaired) electrons. The number of nitrogens with zero attached hydrogens (tertiary/aromatic N) is 4. The summed E-state index contributed by atoms with van der Waals surface area (Å²) < 4.78 is 0. The van der Waals surface area contributed by atoms with E-state index in [1.807, 2.05) is 72.8 Å². The Balaban J connectivity index is 1.58. The van der Waals surface area contributed by atoms with Crippen LogP contribution in [0.5, 0.6) is 0 Å². The van der Waals surface area contributed by atoms with Gasteiger partial charge < -0.3 is 10.2 Å². The van der Waals surface area contributed by atoms with Gasteiger partial charge in [-0.2, -0.15) is 0 Å². The number of hydrogen-bond acceptors (Lipinski definition) is 6. The van der Waals surface area contributed by atoms with Gasteiger partial charge >= 0.3 is 11.9 Å². The number of carboxylic acid groups (broad SMARTS) is 2. The molecule has 4 aromatic heterocycles. The summed E-state index contributed by atoms with van der Waals surface area (Å²) in [6, 6.07) is 25.3. The molecule has 0 atom stereocenters. The largest absolute Gasteiger partial charge is 0.477 e. The molecule has 0 amide bonds. The lowest BCUT2D eigenvalue weighted by molar-refractivity contribution is 0.0685. The number of carboxylic acids is 2. The zero-order valence-corrected chi connectivity index (χ0v) is 18.7. The summed E-state index contributed by atoms with van der Waals surface area (Å²) in [5, 5.41) is 18.6. The molecule has 0 unspecified atom stereocenters. The second-order valence-electron chi connectivity index (χ2n) is 7.87. The van der Waals surface area contributed by atoms with E-state index in [1.165, 1.54) is 12.1 Å². The van der Waals surface area contributed by atoms with Crippen molar-refractivity contribution >= 4 is 11.9 Å². The molecule has 0 spiro atoms. The first-order valence-electron chi connectivity index (χ1n) is 10.9. The molecular formula is C28H18N4O4. The first kappa shape index (κ1) is 22.5. The normalized spacial score (nSPS) is 10.7. The second kappa shape index (κ2) is 9.55. The topological polar surface area (TPSA) is 126 Å². The van der Waals surface area contributed by atoms with E-state index in [4.69, 9.17) is 4.98 Å². The van der Waals surface area contributed by atoms with E-state index < -0.39 is 11.9 Å². The van der Waals surface area contributed by atoms with E-state index in [-0.39, 0.29) is 11.4 Å². The van der Waals surface area contributed by atoms with Crippen LogP contribution in [0.1, 0.15) is 21.0 Å². The average Bonchev–Trinajstić information content (AvgIpc) is 2.93. The van der Waals surface area contributed by atoms with Crippen molar-refractivity contribution in [3.63, 3.8) is 0 Å². The molecule has 8 nitrogen and oxygen atoms in total. The Morgan fingerprint density at radius 2 is 0.944 bits per heavy atom. The minimum atomic E-state index is -1.29. The molecule has 0 fully saturated rings. The lowest BCUT2D eigenvalue weighted by atomic mass is 9.98. The smallest absolute Gasteiger partial charge is 0.354 e. The Morgan fingerprint density at radius 3 is 1.33 bits per heavy atom. The van der Waals surface area contributed by atoms with Crippen LogP contribution < -0.4 is 0 Å². The molecule has 8 heteroatoms. The van der Waals surface area contributed by atoms with Gasteiger partial charge in [-0.05, 0) is 70.8 Å². The molecule has 2 N–H and O–H groups in total. The van der Waals surface area contributed by atoms with Crippen LogP contribution in [0, 0.1) is 0 Å². The van der Waals surface area contributed by atoms with E-state index in [1.54, 1.807) is 12.4 Å². The van der Waals surface area contributed by atoms with Crippen LogP contribution in [0.15, 0.2) is 97.3 Å². The van der Waals surface area contributed by atoms with Crippen LogP contribution in [-0.2, 0) is 0 Å². The Hall–Kier alpha value is -5.24. The van der Waals surface area contributed by atoms with Crippen LogP contribution in [0.4, 0.5) is 0 Å². The summed E-state index contributed by atoms with van der Waals surface area (Å²) in [6.45, 7) is 0. The van der Waals surface area contributed by atoms with Crippen LogP contribution >= 0.6 is 0 Å². The van der Waals surface area contributed by atoms with Crippen molar-refractivity contribution in [2.24, 2.45) is 0 Å². The van der Waals surface area contributed by atoms with Crippen molar-refractivity contribution in [3.05, 3.63) is 109 Å². The number of aromatic nitrogens is 4. The molecule has 174 valence electrons. The third kappa shape index (κ3) is 4.69. The van der Waals surface area contributed by atoms with E-state index in [0.717, 1.165) is 22.5 Å². The van der Waals surface area contributed by atoms with Crippen molar-refractivity contribution in [2.45, 2.75) is 0 Å². The summed E-state index contributed by atoms with van der Waals surface area (Å²) in [4.78, 5) is 40.2. The summed E-state index contributed by atoms with van der Waals surface area (Å²) >= 11 is 0. The van der Waals surface area contributed by atoms with E-state index in [2.05, 4.69) is 15.0 Å². The van der Waals surface area contributed by atoms with Gasteiger partial charge in [0.1, 0.15) is 11.4 Å². The van der Waals surface area contributed by atoms with Gasteiger partial charge in [0.05, 0.1) is 22.8 Å². The van der Waals surface area contributed by atoms with Gasteiger partial charge in [-0.1, -0.05) is 36.4 Å². The van der Waals surface area contributed by atoms with Crippen LogP contribution in [-0.4, -0.2) is 42.1 Å². The fraction of sp³-hybridized carbons (Fsp3) is 0. The zero-order chi connectivity index (χ0) is 25.1. The number of pyridine rings is 4. The fourth-order valence-corrected chi connectivity index (χ4v) is 3.76. The summed E-state index contributed by atoms with van der Waals surface area (Å²) in [7, 11) is 0. The van der Waals surface area contributed by atoms with Crippen molar-refractivity contribution in [2.75, 3.05) is 0 Å². The Bertz CT molecular complexity index is 1480. The lowest BCUT2D eigenvalue weighted by Crippen LogP contribution is -2.07. The van der Waals surface area contributed by atoms with Gasteiger partial charge in [0.15, 0.2) is 0 Å². The highest BCUT2D eigenvalue weighted by molar-refractivity contribution is 5.92. The van der Waals surface area contributed by atoms with Gasteiger partial charge in [-0.3, -0.25) is 9.97 Å². The molecule has 0 saturated heterocycles. The van der Waals surface area contributed by atoms with Crippen molar-refractivity contribution < 1.29 is 19.8 Å². The van der Waals surface area contributed by atoms with E-state index in [0.29, 0.717) is 22.5 Å². The first-order valence-corrected chi connectivity index (χ1v) is 10.9. The summed E-state index contributed by atoms with van der Waals surface area (Å²) in [5.74, 6) is -2.59. The molecule has 1 aromatic carbocycles. The number of hydrogen-bond donors (Lipinski definition) is 2. The average molecular weight is 474 g/mol. The van der Waals surface area contributed by atoms with E-state index >= 15 is 0 Å². The highest BCUT2D eigenvalue weighted by atomic mass is 16.4. The third-order valence-electron chi connectivity index (χ3n) is 5.50. The lowest BCUT2D eigenvalue weighted by Gasteiger charge is -2.10. The van der Waals surface area contributed by atoms with Gasteiger partial charge in [-0.15, -0.1) is 0 Å². The quantitative estimate of drug-likeness (QED) is 0.338. The minimum absolute atomic E-state index is 0.330. The fourth-order valence-electron chi connectivity index (χ4n) is 3.76. The monoisotopic (exact) mass is 474 g/mol. The van der Waals surface area contributed by atoms with Crippen molar-refractivity contribution in [1.82, 2.24) is 19.9 Å². The van der Waals surface area contributed by atoms with E-state index in [9.17, 15) is 19.8 Å². The zero-order valence-electron chi connectivity index (χ0n) is 18.7. The second-order valence-corrected chi connectivity index (χ2v) is 7.87. The maximum atomic E-state index is 11.4. The number of rotatable bonds is 6. The van der Waals surface area contributed by atoms with Gasteiger partial charge in [0.25, 0.3) is 0 Å². The standard InChI is InChI=1S/C28H18N4O4/c33-27(34)25-15-20(16-26(32-25)28(35)36)18-9-7-17(8-10-18)19-13-23(21-5-1-3-11-29-21)31-24(14-19)22-6-2-4-12-30-22/h1-16H,(H,33,34)(H,35,36). The summed E-state index contributed by atoms with van der Waals surface area (Å²) in [6.07, 6.45) is 3.43. The van der Waals surface area contributed by atoms with Crippen LogP contribution in [0.25, 0.3) is 45.0 Å². The minimum Gasteiger partial charge on any atom is -0.477 e. The SMILES string of the molecule is O=C(O)c1cc(-c2ccc(-c3cc(-c4ccccn4)nc(-c4ccccn4)c3)cc2)cc(C(=O)O)n1. The predicted octanol–water partition coefficient (Wildman–Crippen LogP) is 5.33. The maximum Gasteiger partial charge on any atom is 0.354 e. The molecule has 5 rings (SSSR count). The number of benzene rings is 1. The van der Waals surface area contributed by atoms with Gasteiger partial charge in [0, 0.05) is 12.4 Å². The molecule has 5 aromatic rings. The van der Waals surface area contributed by atoms with Crippen molar-refractivity contribution in [1.29, 1.82) is 0 Å². The third-order valence-corrected chi connectivity index (χ3v) is 5.50. The number of aromatic carboxylic acids is 2. The van der Waals surface area contributed by atoms with Gasteiger partial charge in [-0.25, -0.2) is 19.6 Å². The van der Waals surface area contributed by atoms with Crippen LogP contribution in [0.2, 0.25) is 0 Å². The Morgan fingerprint density at radius 1 is 0.500 bits per heavy atom. The number of carbonyl (C=O) groups is 2. The Labute approximate surface area is 205 Å². The van der Waals surface area contributed by atoms with Crippen molar-refractivity contribution in [3.8, 4) is 45.0 Å². The molecule has 0 aliphatic carbocycles. The molecule has 0 bridgehead atoms. The predicted molar refractivity (Wildman–Crippen MR) is 133 cm³/mol. The maximum absolute atomic E-state index is 11.4. The Kier molecular flexibility index (Phi) is 5.98. The highest BCUT2D eigenvalue weighted by Gasteiger charge is 2.15. The molecule has 36 heavy (non-hydrogen) atoms. The first-order chi connectivity index (χ1) is 17.5. The molecular weight excluding hydrogens is 456 g/mol. The molecule has 4 heterocycles.